The standard InChI is InChI=1S/C10H18ClNO2/c1-9(13)12-8-6-4-2-3-5-7-10(11)14/h2-8H2,1H3,(H,12,13). The fourth-order valence-corrected chi connectivity index (χ4v) is 1.32. The maximum atomic E-state index is 10.5. The highest BCUT2D eigenvalue weighted by Gasteiger charge is 1.96. The Bertz CT molecular complexity index is 163. The topological polar surface area (TPSA) is 46.2 Å². The zero-order chi connectivity index (χ0) is 10.8. The van der Waals surface area contributed by atoms with Crippen molar-refractivity contribution in [3.05, 3.63) is 0 Å². The SMILES string of the molecule is CC(=O)NCCCCCCCC(=O)Cl. The summed E-state index contributed by atoms with van der Waals surface area (Å²) in [5.41, 5.74) is 0. The van der Waals surface area contributed by atoms with E-state index in [1.54, 1.807) is 0 Å². The Kier molecular flexibility index (Phi) is 8.64. The van der Waals surface area contributed by atoms with Crippen LogP contribution in [0.3, 0.4) is 0 Å². The van der Waals surface area contributed by atoms with Gasteiger partial charge in [0.1, 0.15) is 0 Å². The van der Waals surface area contributed by atoms with E-state index < -0.39 is 0 Å². The minimum Gasteiger partial charge on any atom is -0.356 e. The molecule has 0 aromatic heterocycles. The van der Waals surface area contributed by atoms with Gasteiger partial charge in [-0.2, -0.15) is 0 Å². The molecule has 0 aromatic rings. The molecule has 0 rings (SSSR count). The van der Waals surface area contributed by atoms with E-state index in [4.69, 9.17) is 11.6 Å². The normalized spacial score (nSPS) is 9.86. The number of hydrogen-bond donors (Lipinski definition) is 1. The molecule has 0 atom stereocenters. The van der Waals surface area contributed by atoms with E-state index in [2.05, 4.69) is 5.32 Å². The molecule has 0 saturated heterocycles. The Hall–Kier alpha value is -0.570. The molecule has 0 aliphatic carbocycles. The third kappa shape index (κ3) is 11.4. The number of nitrogens with one attached hydrogen (secondary N) is 1. The second-order valence-corrected chi connectivity index (χ2v) is 3.78. The van der Waals surface area contributed by atoms with Crippen LogP contribution in [-0.4, -0.2) is 17.7 Å². The molecule has 1 amide bonds. The number of carbonyl (C=O) groups is 2. The predicted molar refractivity (Wildman–Crippen MR) is 57.2 cm³/mol. The molecule has 0 bridgehead atoms. The van der Waals surface area contributed by atoms with Crippen molar-refractivity contribution in [2.75, 3.05) is 6.54 Å². The Labute approximate surface area is 90.2 Å². The maximum absolute atomic E-state index is 10.5. The zero-order valence-corrected chi connectivity index (χ0v) is 9.40. The first kappa shape index (κ1) is 13.4. The summed E-state index contributed by atoms with van der Waals surface area (Å²) < 4.78 is 0. The molecule has 0 fully saturated rings. The van der Waals surface area contributed by atoms with Crippen LogP contribution in [0.25, 0.3) is 0 Å². The van der Waals surface area contributed by atoms with Gasteiger partial charge in [0.2, 0.25) is 11.1 Å². The summed E-state index contributed by atoms with van der Waals surface area (Å²) >= 11 is 5.19. The fraction of sp³-hybridized carbons (Fsp3) is 0.800. The van der Waals surface area contributed by atoms with Crippen molar-refractivity contribution in [1.82, 2.24) is 5.32 Å². The highest BCUT2D eigenvalue weighted by Crippen LogP contribution is 2.06. The average molecular weight is 220 g/mol. The molecular formula is C10H18ClNO2. The highest BCUT2D eigenvalue weighted by atomic mass is 35.5. The summed E-state index contributed by atoms with van der Waals surface area (Å²) in [6, 6.07) is 0. The molecule has 0 aromatic carbocycles. The number of rotatable bonds is 8. The first-order chi connectivity index (χ1) is 6.63. The van der Waals surface area contributed by atoms with Crippen molar-refractivity contribution < 1.29 is 9.59 Å². The van der Waals surface area contributed by atoms with Crippen LogP contribution in [0, 0.1) is 0 Å². The lowest BCUT2D eigenvalue weighted by atomic mass is 10.1. The van der Waals surface area contributed by atoms with Crippen molar-refractivity contribution >= 4 is 22.8 Å². The lowest BCUT2D eigenvalue weighted by Gasteiger charge is -2.01. The Balaban J connectivity index is 2.99. The van der Waals surface area contributed by atoms with E-state index in [0.29, 0.717) is 6.42 Å². The first-order valence-corrected chi connectivity index (χ1v) is 5.43. The molecule has 0 heterocycles. The Morgan fingerprint density at radius 3 is 2.21 bits per heavy atom. The minimum absolute atomic E-state index is 0.0257. The number of carbonyl (C=O) groups excluding carboxylic acids is 2. The summed E-state index contributed by atoms with van der Waals surface area (Å²) in [4.78, 5) is 20.9. The van der Waals surface area contributed by atoms with Crippen LogP contribution in [0.1, 0.15) is 45.4 Å². The summed E-state index contributed by atoms with van der Waals surface area (Å²) in [5, 5.41) is 2.49. The lowest BCUT2D eigenvalue weighted by Crippen LogP contribution is -2.20. The molecule has 1 N–H and O–H groups in total. The van der Waals surface area contributed by atoms with Crippen molar-refractivity contribution in [2.45, 2.75) is 45.4 Å². The number of halogens is 1. The maximum Gasteiger partial charge on any atom is 0.221 e. The van der Waals surface area contributed by atoms with Crippen LogP contribution in [0.4, 0.5) is 0 Å². The molecule has 0 saturated carbocycles. The molecular weight excluding hydrogens is 202 g/mol. The second kappa shape index (κ2) is 9.00. The van der Waals surface area contributed by atoms with Gasteiger partial charge in [0.15, 0.2) is 0 Å². The predicted octanol–water partition coefficient (Wildman–Crippen LogP) is 2.23. The van der Waals surface area contributed by atoms with Gasteiger partial charge in [-0.3, -0.25) is 9.59 Å². The smallest absolute Gasteiger partial charge is 0.221 e. The highest BCUT2D eigenvalue weighted by molar-refractivity contribution is 6.63. The van der Waals surface area contributed by atoms with Crippen LogP contribution < -0.4 is 5.32 Å². The third-order valence-electron chi connectivity index (χ3n) is 1.92. The van der Waals surface area contributed by atoms with Crippen LogP contribution in [-0.2, 0) is 9.59 Å². The molecule has 3 nitrogen and oxygen atoms in total. The van der Waals surface area contributed by atoms with Gasteiger partial charge in [0.05, 0.1) is 0 Å². The Morgan fingerprint density at radius 1 is 1.07 bits per heavy atom. The van der Waals surface area contributed by atoms with Gasteiger partial charge in [-0.25, -0.2) is 0 Å². The van der Waals surface area contributed by atoms with Crippen molar-refractivity contribution in [1.29, 1.82) is 0 Å². The molecule has 82 valence electrons. The van der Waals surface area contributed by atoms with E-state index in [-0.39, 0.29) is 11.1 Å². The Morgan fingerprint density at radius 2 is 1.64 bits per heavy atom. The van der Waals surface area contributed by atoms with Crippen LogP contribution in [0.2, 0.25) is 0 Å². The summed E-state index contributed by atoms with van der Waals surface area (Å²) in [6.07, 6.45) is 5.60. The molecule has 0 spiro atoms. The molecule has 0 radical (unpaired) electrons. The number of amides is 1. The van der Waals surface area contributed by atoms with Crippen molar-refractivity contribution in [3.8, 4) is 0 Å². The van der Waals surface area contributed by atoms with Gasteiger partial charge in [-0.05, 0) is 24.4 Å². The minimum atomic E-state index is -0.247. The van der Waals surface area contributed by atoms with Crippen molar-refractivity contribution in [2.24, 2.45) is 0 Å². The number of hydrogen-bond acceptors (Lipinski definition) is 2. The molecule has 0 unspecified atom stereocenters. The molecule has 0 aliphatic rings. The quantitative estimate of drug-likeness (QED) is 0.503. The van der Waals surface area contributed by atoms with Gasteiger partial charge in [0.25, 0.3) is 0 Å². The third-order valence-corrected chi connectivity index (χ3v) is 2.11. The monoisotopic (exact) mass is 219 g/mol. The summed E-state index contributed by atoms with van der Waals surface area (Å²) in [6.45, 7) is 2.27. The lowest BCUT2D eigenvalue weighted by molar-refractivity contribution is -0.119. The largest absolute Gasteiger partial charge is 0.356 e. The second-order valence-electron chi connectivity index (χ2n) is 3.36. The summed E-state index contributed by atoms with van der Waals surface area (Å²) in [7, 11) is 0. The summed E-state index contributed by atoms with van der Waals surface area (Å²) in [5.74, 6) is 0.0257. The van der Waals surface area contributed by atoms with E-state index >= 15 is 0 Å². The van der Waals surface area contributed by atoms with E-state index in [0.717, 1.165) is 38.6 Å². The molecule has 0 aliphatic heterocycles. The van der Waals surface area contributed by atoms with Crippen LogP contribution >= 0.6 is 11.6 Å². The van der Waals surface area contributed by atoms with E-state index in [1.165, 1.54) is 6.92 Å². The van der Waals surface area contributed by atoms with Crippen molar-refractivity contribution in [3.63, 3.8) is 0 Å². The first-order valence-electron chi connectivity index (χ1n) is 5.05. The number of unbranched alkanes of at least 4 members (excludes halogenated alkanes) is 4. The van der Waals surface area contributed by atoms with Crippen LogP contribution in [0.5, 0.6) is 0 Å². The van der Waals surface area contributed by atoms with Gasteiger partial charge >= 0.3 is 0 Å². The fourth-order valence-electron chi connectivity index (χ4n) is 1.18. The van der Waals surface area contributed by atoms with Gasteiger partial charge in [-0.15, -0.1) is 0 Å². The van der Waals surface area contributed by atoms with E-state index in [1.807, 2.05) is 0 Å². The van der Waals surface area contributed by atoms with Crippen LogP contribution in [0.15, 0.2) is 0 Å². The molecule has 14 heavy (non-hydrogen) atoms. The molecule has 4 heteroatoms. The van der Waals surface area contributed by atoms with Gasteiger partial charge in [0, 0.05) is 19.9 Å². The zero-order valence-electron chi connectivity index (χ0n) is 8.64. The van der Waals surface area contributed by atoms with Gasteiger partial charge in [-0.1, -0.05) is 19.3 Å². The van der Waals surface area contributed by atoms with E-state index in [9.17, 15) is 9.59 Å². The average Bonchev–Trinajstić information content (AvgIpc) is 2.08. The van der Waals surface area contributed by atoms with Gasteiger partial charge < -0.3 is 5.32 Å².